The summed E-state index contributed by atoms with van der Waals surface area (Å²) in [6.45, 7) is 4.29. The minimum Gasteiger partial charge on any atom is -0.493 e. The van der Waals surface area contributed by atoms with Crippen LogP contribution in [0.25, 0.3) is 0 Å². The van der Waals surface area contributed by atoms with Gasteiger partial charge in [-0.25, -0.2) is 0 Å². The fraction of sp³-hybridized carbons (Fsp3) is 0.600. The van der Waals surface area contributed by atoms with Crippen molar-refractivity contribution in [3.05, 3.63) is 21.7 Å². The molecule has 1 unspecified atom stereocenters. The molecule has 4 heteroatoms. The van der Waals surface area contributed by atoms with Crippen LogP contribution < -0.4 is 15.2 Å². The maximum absolute atomic E-state index is 6.53. The van der Waals surface area contributed by atoms with Gasteiger partial charge in [-0.15, -0.1) is 0 Å². The molecule has 2 aliphatic heterocycles. The van der Waals surface area contributed by atoms with Crippen molar-refractivity contribution in [2.45, 2.75) is 38.5 Å². The Labute approximate surface area is 119 Å². The van der Waals surface area contributed by atoms with Crippen LogP contribution in [0.5, 0.6) is 11.5 Å². The van der Waals surface area contributed by atoms with Crippen molar-refractivity contribution in [2.75, 3.05) is 19.8 Å². The van der Waals surface area contributed by atoms with Crippen LogP contribution >= 0.6 is 11.6 Å². The average molecular weight is 282 g/mol. The molecule has 3 rings (SSSR count). The largest absolute Gasteiger partial charge is 0.493 e. The molecule has 104 valence electrons. The van der Waals surface area contributed by atoms with Gasteiger partial charge in [-0.2, -0.15) is 0 Å². The number of benzene rings is 1. The summed E-state index contributed by atoms with van der Waals surface area (Å²) in [5.41, 5.74) is 9.44. The summed E-state index contributed by atoms with van der Waals surface area (Å²) in [5.74, 6) is 2.14. The van der Waals surface area contributed by atoms with E-state index in [9.17, 15) is 0 Å². The van der Waals surface area contributed by atoms with E-state index in [0.717, 1.165) is 61.0 Å². The van der Waals surface area contributed by atoms with E-state index in [1.54, 1.807) is 0 Å². The standard InChI is InChI=1S/C15H20ClNO2/c1-9(8-17)12-10-4-2-7-19-15(10)13(16)11-5-3-6-18-14(11)12/h9H,2-8,17H2,1H3. The Morgan fingerprint density at radius 2 is 1.74 bits per heavy atom. The topological polar surface area (TPSA) is 44.5 Å². The SMILES string of the molecule is CC(CN)c1c2c(c(Cl)c3c1OCCC3)OCCC2. The molecule has 19 heavy (non-hydrogen) atoms. The molecule has 1 aromatic carbocycles. The first kappa shape index (κ1) is 13.1. The van der Waals surface area contributed by atoms with Crippen molar-refractivity contribution in [3.8, 4) is 11.5 Å². The van der Waals surface area contributed by atoms with Gasteiger partial charge in [0.15, 0.2) is 0 Å². The zero-order chi connectivity index (χ0) is 13.4. The molecule has 1 atom stereocenters. The van der Waals surface area contributed by atoms with Crippen LogP contribution in [-0.4, -0.2) is 19.8 Å². The zero-order valence-corrected chi connectivity index (χ0v) is 12.1. The second kappa shape index (κ2) is 5.22. The molecular weight excluding hydrogens is 262 g/mol. The molecule has 0 bridgehead atoms. The highest BCUT2D eigenvalue weighted by atomic mass is 35.5. The molecule has 1 aromatic rings. The summed E-state index contributed by atoms with van der Waals surface area (Å²) in [6, 6.07) is 0. The Hall–Kier alpha value is -0.930. The van der Waals surface area contributed by atoms with Gasteiger partial charge in [0.25, 0.3) is 0 Å². The molecule has 0 radical (unpaired) electrons. The predicted molar refractivity (Wildman–Crippen MR) is 76.6 cm³/mol. The molecule has 0 spiro atoms. The van der Waals surface area contributed by atoms with Gasteiger partial charge in [-0.3, -0.25) is 0 Å². The van der Waals surface area contributed by atoms with Gasteiger partial charge in [0.1, 0.15) is 11.5 Å². The van der Waals surface area contributed by atoms with Crippen LogP contribution in [0.4, 0.5) is 0 Å². The maximum Gasteiger partial charge on any atom is 0.141 e. The van der Waals surface area contributed by atoms with Gasteiger partial charge in [-0.1, -0.05) is 18.5 Å². The first-order valence-corrected chi connectivity index (χ1v) is 7.44. The van der Waals surface area contributed by atoms with Gasteiger partial charge in [0.2, 0.25) is 0 Å². The van der Waals surface area contributed by atoms with Gasteiger partial charge in [-0.05, 0) is 38.1 Å². The Balaban J connectivity index is 2.25. The fourth-order valence-corrected chi connectivity index (χ4v) is 3.41. The molecular formula is C15H20ClNO2. The number of ether oxygens (including phenoxy) is 2. The third kappa shape index (κ3) is 2.09. The number of nitrogens with two attached hydrogens (primary N) is 1. The van der Waals surface area contributed by atoms with E-state index in [-0.39, 0.29) is 5.92 Å². The molecule has 0 saturated heterocycles. The Morgan fingerprint density at radius 3 is 2.42 bits per heavy atom. The summed E-state index contributed by atoms with van der Waals surface area (Å²) in [4.78, 5) is 0. The van der Waals surface area contributed by atoms with E-state index in [2.05, 4.69) is 6.92 Å². The molecule has 0 aromatic heterocycles. The molecule has 2 heterocycles. The normalized spacial score (nSPS) is 18.9. The maximum atomic E-state index is 6.53. The second-order valence-electron chi connectivity index (χ2n) is 5.38. The lowest BCUT2D eigenvalue weighted by Crippen LogP contribution is -2.21. The zero-order valence-electron chi connectivity index (χ0n) is 11.3. The summed E-state index contributed by atoms with van der Waals surface area (Å²) in [5, 5.41) is 0.761. The first-order chi connectivity index (χ1) is 9.24. The van der Waals surface area contributed by atoms with E-state index in [0.29, 0.717) is 6.54 Å². The predicted octanol–water partition coefficient (Wildman–Crippen LogP) is 3.05. The lowest BCUT2D eigenvalue weighted by Gasteiger charge is -2.31. The number of halogens is 1. The molecule has 3 nitrogen and oxygen atoms in total. The van der Waals surface area contributed by atoms with Gasteiger partial charge < -0.3 is 15.2 Å². The van der Waals surface area contributed by atoms with Crippen molar-refractivity contribution in [2.24, 2.45) is 5.73 Å². The van der Waals surface area contributed by atoms with Gasteiger partial charge >= 0.3 is 0 Å². The van der Waals surface area contributed by atoms with Crippen LogP contribution in [0.3, 0.4) is 0 Å². The summed E-state index contributed by atoms with van der Waals surface area (Å²) in [7, 11) is 0. The smallest absolute Gasteiger partial charge is 0.141 e. The van der Waals surface area contributed by atoms with Crippen LogP contribution in [0.1, 0.15) is 42.4 Å². The van der Waals surface area contributed by atoms with Crippen LogP contribution in [0, 0.1) is 0 Å². The molecule has 0 amide bonds. The third-order valence-corrected chi connectivity index (χ3v) is 4.46. The van der Waals surface area contributed by atoms with Crippen molar-refractivity contribution in [1.82, 2.24) is 0 Å². The minimum absolute atomic E-state index is 0.277. The van der Waals surface area contributed by atoms with Crippen molar-refractivity contribution >= 4 is 11.6 Å². The number of fused-ring (bicyclic) bond motifs is 2. The Kier molecular flexibility index (Phi) is 3.59. The minimum atomic E-state index is 0.277. The molecule has 2 aliphatic rings. The summed E-state index contributed by atoms with van der Waals surface area (Å²) < 4.78 is 11.8. The number of rotatable bonds is 2. The quantitative estimate of drug-likeness (QED) is 0.906. The lowest BCUT2D eigenvalue weighted by molar-refractivity contribution is 0.268. The highest BCUT2D eigenvalue weighted by Crippen LogP contribution is 2.48. The summed E-state index contributed by atoms with van der Waals surface area (Å²) in [6.07, 6.45) is 4.02. The highest BCUT2D eigenvalue weighted by Gasteiger charge is 2.30. The van der Waals surface area contributed by atoms with Crippen molar-refractivity contribution < 1.29 is 9.47 Å². The Morgan fingerprint density at radius 1 is 1.11 bits per heavy atom. The number of hydrogen-bond acceptors (Lipinski definition) is 3. The van der Waals surface area contributed by atoms with Crippen LogP contribution in [-0.2, 0) is 12.8 Å². The Bertz CT molecular complexity index is 464. The fourth-order valence-electron chi connectivity index (χ4n) is 3.06. The first-order valence-electron chi connectivity index (χ1n) is 7.06. The van der Waals surface area contributed by atoms with Crippen molar-refractivity contribution in [1.29, 1.82) is 0 Å². The molecule has 0 aliphatic carbocycles. The van der Waals surface area contributed by atoms with Gasteiger partial charge in [0, 0.05) is 16.7 Å². The molecule has 2 N–H and O–H groups in total. The van der Waals surface area contributed by atoms with Crippen LogP contribution in [0.15, 0.2) is 0 Å². The van der Waals surface area contributed by atoms with Gasteiger partial charge in [0.05, 0.1) is 18.2 Å². The van der Waals surface area contributed by atoms with Crippen LogP contribution in [0.2, 0.25) is 5.02 Å². The molecule has 0 saturated carbocycles. The average Bonchev–Trinajstić information content (AvgIpc) is 2.47. The summed E-state index contributed by atoms with van der Waals surface area (Å²) >= 11 is 6.53. The monoisotopic (exact) mass is 281 g/mol. The van der Waals surface area contributed by atoms with E-state index < -0.39 is 0 Å². The lowest BCUT2D eigenvalue weighted by atomic mass is 9.87. The van der Waals surface area contributed by atoms with E-state index >= 15 is 0 Å². The van der Waals surface area contributed by atoms with E-state index in [1.165, 1.54) is 11.1 Å². The highest BCUT2D eigenvalue weighted by molar-refractivity contribution is 6.33. The third-order valence-electron chi connectivity index (χ3n) is 4.06. The van der Waals surface area contributed by atoms with E-state index in [1.807, 2.05) is 0 Å². The molecule has 0 fully saturated rings. The number of hydrogen-bond donors (Lipinski definition) is 1. The van der Waals surface area contributed by atoms with E-state index in [4.69, 9.17) is 26.8 Å². The van der Waals surface area contributed by atoms with Crippen molar-refractivity contribution in [3.63, 3.8) is 0 Å². The second-order valence-corrected chi connectivity index (χ2v) is 5.76.